The van der Waals surface area contributed by atoms with E-state index in [0.717, 1.165) is 13.0 Å². The van der Waals surface area contributed by atoms with Crippen LogP contribution >= 0.6 is 0 Å². The van der Waals surface area contributed by atoms with Gasteiger partial charge in [-0.3, -0.25) is 0 Å². The van der Waals surface area contributed by atoms with Gasteiger partial charge in [0.25, 0.3) is 0 Å². The van der Waals surface area contributed by atoms with Gasteiger partial charge in [0.05, 0.1) is 12.2 Å². The molecule has 0 spiro atoms. The molecule has 1 saturated heterocycles. The number of rotatable bonds is 6. The first kappa shape index (κ1) is 12.6. The van der Waals surface area contributed by atoms with Crippen LogP contribution in [0.25, 0.3) is 0 Å². The summed E-state index contributed by atoms with van der Waals surface area (Å²) in [7, 11) is 0. The van der Waals surface area contributed by atoms with Crippen molar-refractivity contribution in [3.05, 3.63) is 35.9 Å². The molecule has 1 aromatic rings. The van der Waals surface area contributed by atoms with Crippen LogP contribution in [-0.2, 0) is 11.2 Å². The van der Waals surface area contributed by atoms with Crippen LogP contribution in [-0.4, -0.2) is 18.8 Å². The summed E-state index contributed by atoms with van der Waals surface area (Å²) in [5, 5.41) is 0. The molecule has 1 heterocycles. The van der Waals surface area contributed by atoms with Crippen molar-refractivity contribution in [3.8, 4) is 0 Å². The van der Waals surface area contributed by atoms with E-state index in [4.69, 9.17) is 10.5 Å². The summed E-state index contributed by atoms with van der Waals surface area (Å²) in [4.78, 5) is 0. The fourth-order valence-electron chi connectivity index (χ4n) is 2.57. The van der Waals surface area contributed by atoms with Crippen LogP contribution in [0.5, 0.6) is 0 Å². The van der Waals surface area contributed by atoms with Gasteiger partial charge in [-0.2, -0.15) is 0 Å². The fourth-order valence-corrected chi connectivity index (χ4v) is 2.57. The lowest BCUT2D eigenvalue weighted by Crippen LogP contribution is -2.15. The lowest BCUT2D eigenvalue weighted by molar-refractivity contribution is 0.0366. The number of aryl methyl sites for hydroxylation is 1. The van der Waals surface area contributed by atoms with E-state index in [-0.39, 0.29) is 0 Å². The van der Waals surface area contributed by atoms with Gasteiger partial charge < -0.3 is 10.5 Å². The Bertz CT molecular complexity index is 312. The minimum Gasteiger partial charge on any atom is -0.375 e. The standard InChI is InChI=1S/C15H23NO/c16-12-11-15-10-9-14(17-15)8-4-7-13-5-2-1-3-6-13/h1-3,5-6,14-15H,4,7-12,16H2. The quantitative estimate of drug-likeness (QED) is 0.820. The van der Waals surface area contributed by atoms with Crippen molar-refractivity contribution in [2.24, 2.45) is 5.73 Å². The van der Waals surface area contributed by atoms with Crippen molar-refractivity contribution in [2.75, 3.05) is 6.54 Å². The third-order valence-electron chi connectivity index (χ3n) is 3.52. The Balaban J connectivity index is 1.63. The first-order valence-corrected chi connectivity index (χ1v) is 6.78. The molecule has 1 aromatic carbocycles. The molecule has 1 aliphatic heterocycles. The third kappa shape index (κ3) is 4.14. The summed E-state index contributed by atoms with van der Waals surface area (Å²) in [5.74, 6) is 0. The van der Waals surface area contributed by atoms with Crippen LogP contribution in [0.1, 0.15) is 37.7 Å². The van der Waals surface area contributed by atoms with Gasteiger partial charge in [0, 0.05) is 0 Å². The Kier molecular flexibility index (Phi) is 5.02. The molecule has 1 fully saturated rings. The number of hydrogen-bond acceptors (Lipinski definition) is 2. The van der Waals surface area contributed by atoms with Crippen LogP contribution in [0.4, 0.5) is 0 Å². The Morgan fingerprint density at radius 2 is 1.76 bits per heavy atom. The van der Waals surface area contributed by atoms with E-state index < -0.39 is 0 Å². The van der Waals surface area contributed by atoms with E-state index in [1.807, 2.05) is 0 Å². The average molecular weight is 233 g/mol. The Morgan fingerprint density at radius 3 is 2.47 bits per heavy atom. The summed E-state index contributed by atoms with van der Waals surface area (Å²) in [6, 6.07) is 10.7. The van der Waals surface area contributed by atoms with Crippen molar-refractivity contribution in [3.63, 3.8) is 0 Å². The highest BCUT2D eigenvalue weighted by molar-refractivity contribution is 5.14. The minimum atomic E-state index is 0.432. The van der Waals surface area contributed by atoms with E-state index in [1.54, 1.807) is 0 Å². The molecular weight excluding hydrogens is 210 g/mol. The first-order chi connectivity index (χ1) is 8.38. The van der Waals surface area contributed by atoms with Gasteiger partial charge in [0.15, 0.2) is 0 Å². The average Bonchev–Trinajstić information content (AvgIpc) is 2.79. The summed E-state index contributed by atoms with van der Waals surface area (Å²) in [5.41, 5.74) is 6.98. The van der Waals surface area contributed by atoms with Gasteiger partial charge in [-0.25, -0.2) is 0 Å². The molecule has 94 valence electrons. The molecule has 2 unspecified atom stereocenters. The summed E-state index contributed by atoms with van der Waals surface area (Å²) < 4.78 is 5.96. The second kappa shape index (κ2) is 6.77. The number of ether oxygens (including phenoxy) is 1. The lowest BCUT2D eigenvalue weighted by Gasteiger charge is -2.12. The van der Waals surface area contributed by atoms with Gasteiger partial charge in [0.1, 0.15) is 0 Å². The molecule has 1 aliphatic rings. The molecule has 17 heavy (non-hydrogen) atoms. The zero-order valence-electron chi connectivity index (χ0n) is 10.5. The maximum atomic E-state index is 5.96. The van der Waals surface area contributed by atoms with E-state index in [1.165, 1.54) is 37.7 Å². The number of hydrogen-bond donors (Lipinski definition) is 1. The van der Waals surface area contributed by atoms with Crippen molar-refractivity contribution in [1.29, 1.82) is 0 Å². The predicted molar refractivity (Wildman–Crippen MR) is 70.9 cm³/mol. The normalized spacial score (nSPS) is 24.1. The fraction of sp³-hybridized carbons (Fsp3) is 0.600. The van der Waals surface area contributed by atoms with E-state index in [0.29, 0.717) is 12.2 Å². The Hall–Kier alpha value is -0.860. The van der Waals surface area contributed by atoms with Crippen LogP contribution in [0.15, 0.2) is 30.3 Å². The van der Waals surface area contributed by atoms with Crippen LogP contribution in [0.2, 0.25) is 0 Å². The smallest absolute Gasteiger partial charge is 0.0591 e. The second-order valence-corrected chi connectivity index (χ2v) is 4.91. The molecule has 0 amide bonds. The molecule has 2 nitrogen and oxygen atoms in total. The highest BCUT2D eigenvalue weighted by atomic mass is 16.5. The monoisotopic (exact) mass is 233 g/mol. The molecule has 0 radical (unpaired) electrons. The highest BCUT2D eigenvalue weighted by Gasteiger charge is 2.23. The maximum absolute atomic E-state index is 5.96. The van der Waals surface area contributed by atoms with Crippen molar-refractivity contribution in [2.45, 2.75) is 50.7 Å². The molecule has 2 heteroatoms. The number of nitrogens with two attached hydrogens (primary N) is 1. The Morgan fingerprint density at radius 1 is 1.06 bits per heavy atom. The number of benzene rings is 1. The zero-order valence-corrected chi connectivity index (χ0v) is 10.5. The van der Waals surface area contributed by atoms with Gasteiger partial charge in [0.2, 0.25) is 0 Å². The summed E-state index contributed by atoms with van der Waals surface area (Å²) in [6.07, 6.45) is 7.95. The van der Waals surface area contributed by atoms with Gasteiger partial charge in [-0.05, 0) is 50.6 Å². The van der Waals surface area contributed by atoms with Gasteiger partial charge in [-0.1, -0.05) is 30.3 Å². The highest BCUT2D eigenvalue weighted by Crippen LogP contribution is 2.25. The van der Waals surface area contributed by atoms with Crippen LogP contribution < -0.4 is 5.73 Å². The Labute approximate surface area is 104 Å². The summed E-state index contributed by atoms with van der Waals surface area (Å²) in [6.45, 7) is 0.751. The molecule has 2 rings (SSSR count). The molecular formula is C15H23NO. The van der Waals surface area contributed by atoms with Crippen LogP contribution in [0, 0.1) is 0 Å². The van der Waals surface area contributed by atoms with Gasteiger partial charge >= 0.3 is 0 Å². The minimum absolute atomic E-state index is 0.432. The third-order valence-corrected chi connectivity index (χ3v) is 3.52. The van der Waals surface area contributed by atoms with E-state index in [2.05, 4.69) is 30.3 Å². The topological polar surface area (TPSA) is 35.2 Å². The van der Waals surface area contributed by atoms with E-state index in [9.17, 15) is 0 Å². The van der Waals surface area contributed by atoms with E-state index >= 15 is 0 Å². The first-order valence-electron chi connectivity index (χ1n) is 6.78. The van der Waals surface area contributed by atoms with Crippen molar-refractivity contribution >= 4 is 0 Å². The molecule has 0 saturated carbocycles. The largest absolute Gasteiger partial charge is 0.375 e. The molecule has 2 N–H and O–H groups in total. The predicted octanol–water partition coefficient (Wildman–Crippen LogP) is 2.91. The molecule has 0 aromatic heterocycles. The lowest BCUT2D eigenvalue weighted by atomic mass is 10.0. The van der Waals surface area contributed by atoms with Crippen molar-refractivity contribution < 1.29 is 4.74 Å². The zero-order chi connectivity index (χ0) is 11.9. The maximum Gasteiger partial charge on any atom is 0.0591 e. The molecule has 0 aliphatic carbocycles. The second-order valence-electron chi connectivity index (χ2n) is 4.91. The van der Waals surface area contributed by atoms with Crippen molar-refractivity contribution in [1.82, 2.24) is 0 Å². The molecule has 0 bridgehead atoms. The van der Waals surface area contributed by atoms with Gasteiger partial charge in [-0.15, -0.1) is 0 Å². The molecule has 2 atom stereocenters. The summed E-state index contributed by atoms with van der Waals surface area (Å²) >= 11 is 0. The van der Waals surface area contributed by atoms with Crippen LogP contribution in [0.3, 0.4) is 0 Å². The SMILES string of the molecule is NCCC1CCC(CCCc2ccccc2)O1.